The highest BCUT2D eigenvalue weighted by atomic mass is 127. The Morgan fingerprint density at radius 1 is 1.24 bits per heavy atom. The largest absolute Gasteiger partial charge is 0.269 e. The van der Waals surface area contributed by atoms with Gasteiger partial charge in [0.05, 0.1) is 9.92 Å². The topological polar surface area (TPSA) is 52.0 Å². The van der Waals surface area contributed by atoms with Gasteiger partial charge < -0.3 is 0 Å². The van der Waals surface area contributed by atoms with Crippen molar-refractivity contribution < 1.29 is 8.42 Å². The highest BCUT2D eigenvalue weighted by molar-refractivity contribution is 14.1. The summed E-state index contributed by atoms with van der Waals surface area (Å²) in [6.45, 7) is 1.91. The molecule has 0 fully saturated rings. The average molecular weight is 433 g/mol. The Morgan fingerprint density at radius 3 is 2.57 bits per heavy atom. The van der Waals surface area contributed by atoms with E-state index in [-0.39, 0.29) is 4.90 Å². The first-order valence-electron chi connectivity index (χ1n) is 6.04. The van der Waals surface area contributed by atoms with Crippen LogP contribution in [0.1, 0.15) is 5.56 Å². The minimum atomic E-state index is -3.67. The molecule has 7 heteroatoms. The van der Waals surface area contributed by atoms with Crippen LogP contribution >= 0.6 is 34.2 Å². The number of hydrogen-bond donors (Lipinski definition) is 0. The van der Waals surface area contributed by atoms with Crippen molar-refractivity contribution in [1.29, 1.82) is 0 Å². The maximum absolute atomic E-state index is 12.7. The number of halogens is 2. The number of fused-ring (bicyclic) bond motifs is 1. The molecule has 3 aromatic rings. The lowest BCUT2D eigenvalue weighted by atomic mass is 10.2. The molecule has 0 aliphatic heterocycles. The van der Waals surface area contributed by atoms with Crippen LogP contribution in [0.2, 0.25) is 5.02 Å². The molecule has 2 aromatic heterocycles. The van der Waals surface area contributed by atoms with Gasteiger partial charge in [-0.05, 0) is 47.7 Å². The van der Waals surface area contributed by atoms with Gasteiger partial charge in [0.25, 0.3) is 10.0 Å². The molecule has 0 saturated carbocycles. The molecule has 0 saturated heterocycles. The van der Waals surface area contributed by atoms with Crippen LogP contribution in [0.4, 0.5) is 0 Å². The molecule has 0 spiro atoms. The Balaban J connectivity index is 2.26. The highest BCUT2D eigenvalue weighted by Crippen LogP contribution is 2.27. The van der Waals surface area contributed by atoms with Gasteiger partial charge in [-0.3, -0.25) is 0 Å². The SMILES string of the molecule is Cc1ccc(S(=O)(=O)n2cc(I)c3cc(Cl)cnc32)cc1. The molecule has 0 bridgehead atoms. The summed E-state index contributed by atoms with van der Waals surface area (Å²) >= 11 is 8.00. The average Bonchev–Trinajstić information content (AvgIpc) is 2.77. The first-order chi connectivity index (χ1) is 9.89. The molecule has 0 aliphatic carbocycles. The van der Waals surface area contributed by atoms with Crippen LogP contribution in [0.3, 0.4) is 0 Å². The van der Waals surface area contributed by atoms with Crippen LogP contribution in [-0.4, -0.2) is 17.4 Å². The summed E-state index contributed by atoms with van der Waals surface area (Å²) in [4.78, 5) is 4.39. The Morgan fingerprint density at radius 2 is 1.90 bits per heavy atom. The van der Waals surface area contributed by atoms with Gasteiger partial charge in [0.2, 0.25) is 0 Å². The van der Waals surface area contributed by atoms with E-state index in [2.05, 4.69) is 27.6 Å². The first kappa shape index (κ1) is 14.8. The predicted octanol–water partition coefficient (Wildman–Crippen LogP) is 3.84. The van der Waals surface area contributed by atoms with Gasteiger partial charge >= 0.3 is 0 Å². The van der Waals surface area contributed by atoms with Crippen LogP contribution in [0.25, 0.3) is 11.0 Å². The Bertz CT molecular complexity index is 934. The maximum atomic E-state index is 12.7. The van der Waals surface area contributed by atoms with E-state index in [9.17, 15) is 8.42 Å². The molecule has 21 heavy (non-hydrogen) atoms. The minimum absolute atomic E-state index is 0.234. The molecular weight excluding hydrogens is 423 g/mol. The van der Waals surface area contributed by atoms with E-state index in [1.807, 2.05) is 6.92 Å². The third-order valence-corrected chi connectivity index (χ3v) is 5.84. The molecule has 3 rings (SSSR count). The summed E-state index contributed by atoms with van der Waals surface area (Å²) < 4.78 is 27.5. The number of rotatable bonds is 2. The van der Waals surface area contributed by atoms with Crippen molar-refractivity contribution in [3.05, 3.63) is 56.9 Å². The molecular formula is C14H10ClIN2O2S. The lowest BCUT2D eigenvalue weighted by Crippen LogP contribution is -2.12. The van der Waals surface area contributed by atoms with Crippen LogP contribution in [-0.2, 0) is 10.0 Å². The number of aromatic nitrogens is 2. The quantitative estimate of drug-likeness (QED) is 0.578. The third-order valence-electron chi connectivity index (χ3n) is 3.11. The van der Waals surface area contributed by atoms with Crippen molar-refractivity contribution in [2.75, 3.05) is 0 Å². The zero-order valence-electron chi connectivity index (χ0n) is 10.9. The van der Waals surface area contributed by atoms with Gasteiger partial charge in [0.1, 0.15) is 0 Å². The monoisotopic (exact) mass is 432 g/mol. The van der Waals surface area contributed by atoms with Crippen LogP contribution in [0, 0.1) is 10.5 Å². The zero-order chi connectivity index (χ0) is 15.2. The van der Waals surface area contributed by atoms with E-state index in [4.69, 9.17) is 11.6 Å². The number of benzene rings is 1. The standard InChI is InChI=1S/C14H10ClIN2O2S/c1-9-2-4-11(5-3-9)21(19,20)18-8-13(16)12-6-10(15)7-17-14(12)18/h2-8H,1H3. The molecule has 108 valence electrons. The van der Waals surface area contributed by atoms with E-state index in [0.29, 0.717) is 10.7 Å². The van der Waals surface area contributed by atoms with Gasteiger partial charge in [0, 0.05) is 21.4 Å². The van der Waals surface area contributed by atoms with Gasteiger partial charge in [-0.2, -0.15) is 0 Å². The highest BCUT2D eigenvalue weighted by Gasteiger charge is 2.21. The second-order valence-electron chi connectivity index (χ2n) is 4.62. The fourth-order valence-corrected chi connectivity index (χ4v) is 4.37. The van der Waals surface area contributed by atoms with Crippen molar-refractivity contribution in [3.8, 4) is 0 Å². The van der Waals surface area contributed by atoms with Gasteiger partial charge in [-0.25, -0.2) is 17.4 Å². The molecule has 2 heterocycles. The van der Waals surface area contributed by atoms with E-state index < -0.39 is 10.0 Å². The van der Waals surface area contributed by atoms with E-state index >= 15 is 0 Å². The fraction of sp³-hybridized carbons (Fsp3) is 0.0714. The lowest BCUT2D eigenvalue weighted by Gasteiger charge is -2.07. The fourth-order valence-electron chi connectivity index (χ4n) is 2.02. The van der Waals surface area contributed by atoms with Gasteiger partial charge in [0.15, 0.2) is 5.65 Å². The third kappa shape index (κ3) is 2.56. The smallest absolute Gasteiger partial charge is 0.236 e. The van der Waals surface area contributed by atoms with Crippen molar-refractivity contribution in [1.82, 2.24) is 8.96 Å². The molecule has 0 unspecified atom stereocenters. The summed E-state index contributed by atoms with van der Waals surface area (Å²) in [6, 6.07) is 8.45. The summed E-state index contributed by atoms with van der Waals surface area (Å²) in [5.41, 5.74) is 1.38. The summed E-state index contributed by atoms with van der Waals surface area (Å²) in [5, 5.41) is 1.20. The van der Waals surface area contributed by atoms with Crippen molar-refractivity contribution >= 4 is 55.2 Å². The molecule has 0 atom stereocenters. The van der Waals surface area contributed by atoms with Crippen LogP contribution in [0.5, 0.6) is 0 Å². The van der Waals surface area contributed by atoms with Crippen LogP contribution in [0.15, 0.2) is 47.6 Å². The lowest BCUT2D eigenvalue weighted by molar-refractivity contribution is 0.588. The second kappa shape index (κ2) is 5.26. The zero-order valence-corrected chi connectivity index (χ0v) is 14.6. The summed E-state index contributed by atoms with van der Waals surface area (Å²) in [7, 11) is -3.67. The Labute approximate surface area is 140 Å². The summed E-state index contributed by atoms with van der Waals surface area (Å²) in [6.07, 6.45) is 3.00. The molecule has 4 nitrogen and oxygen atoms in total. The van der Waals surface area contributed by atoms with Crippen molar-refractivity contribution in [3.63, 3.8) is 0 Å². The summed E-state index contributed by atoms with van der Waals surface area (Å²) in [5.74, 6) is 0. The van der Waals surface area contributed by atoms with Gasteiger partial charge in [-0.15, -0.1) is 0 Å². The van der Waals surface area contributed by atoms with E-state index in [1.165, 1.54) is 10.2 Å². The van der Waals surface area contributed by atoms with Crippen LogP contribution < -0.4 is 0 Å². The molecule has 0 amide bonds. The van der Waals surface area contributed by atoms with E-state index in [1.54, 1.807) is 36.5 Å². The number of aryl methyl sites for hydroxylation is 1. The Hall–Kier alpha value is -1.12. The maximum Gasteiger partial charge on any atom is 0.269 e. The molecule has 0 N–H and O–H groups in total. The van der Waals surface area contributed by atoms with E-state index in [0.717, 1.165) is 14.5 Å². The first-order valence-corrected chi connectivity index (χ1v) is 8.93. The predicted molar refractivity (Wildman–Crippen MR) is 91.2 cm³/mol. The molecule has 1 aromatic carbocycles. The minimum Gasteiger partial charge on any atom is -0.236 e. The number of nitrogens with zero attached hydrogens (tertiary/aromatic N) is 2. The number of hydrogen-bond acceptors (Lipinski definition) is 3. The van der Waals surface area contributed by atoms with Crippen molar-refractivity contribution in [2.45, 2.75) is 11.8 Å². The van der Waals surface area contributed by atoms with Gasteiger partial charge in [-0.1, -0.05) is 29.3 Å². The molecule has 0 radical (unpaired) electrons. The van der Waals surface area contributed by atoms with Crippen molar-refractivity contribution in [2.24, 2.45) is 0 Å². The Kier molecular flexibility index (Phi) is 3.71. The number of pyridine rings is 1. The second-order valence-corrected chi connectivity index (χ2v) is 8.03. The normalized spacial score (nSPS) is 12.0. The molecule has 0 aliphatic rings.